The number of ketones is 1. The van der Waals surface area contributed by atoms with E-state index in [4.69, 9.17) is 14.2 Å². The number of allylic oxidation sites excluding steroid dienone is 1. The Labute approximate surface area is 164 Å². The van der Waals surface area contributed by atoms with Crippen molar-refractivity contribution in [2.45, 2.75) is 38.3 Å². The molecule has 144 valence electrons. The van der Waals surface area contributed by atoms with Gasteiger partial charge in [-0.05, 0) is 48.7 Å². The normalized spacial score (nSPS) is 20.6. The Morgan fingerprint density at radius 1 is 1.11 bits per heavy atom. The maximum Gasteiger partial charge on any atom is 0.231 e. The van der Waals surface area contributed by atoms with Crippen LogP contribution in [0, 0.1) is 0 Å². The first-order valence-electron chi connectivity index (χ1n) is 9.84. The predicted octanol–water partition coefficient (Wildman–Crippen LogP) is 4.41. The second-order valence-corrected chi connectivity index (χ2v) is 7.59. The Kier molecular flexibility index (Phi) is 4.32. The van der Waals surface area contributed by atoms with Gasteiger partial charge in [0.2, 0.25) is 5.78 Å². The highest BCUT2D eigenvalue weighted by Crippen LogP contribution is 2.43. The van der Waals surface area contributed by atoms with Crippen molar-refractivity contribution in [2.24, 2.45) is 0 Å². The zero-order valence-electron chi connectivity index (χ0n) is 15.9. The van der Waals surface area contributed by atoms with Gasteiger partial charge in [-0.3, -0.25) is 9.69 Å². The first-order chi connectivity index (χ1) is 13.7. The van der Waals surface area contributed by atoms with Gasteiger partial charge in [0.25, 0.3) is 0 Å². The van der Waals surface area contributed by atoms with Crippen LogP contribution in [0.4, 0.5) is 0 Å². The Balaban J connectivity index is 1.44. The van der Waals surface area contributed by atoms with Gasteiger partial charge in [0.05, 0.1) is 18.2 Å². The molecule has 0 spiro atoms. The fraction of sp³-hybridized carbons (Fsp3) is 0.348. The topological polar surface area (TPSA) is 48.0 Å². The van der Waals surface area contributed by atoms with Crippen LogP contribution in [0.25, 0.3) is 6.08 Å². The zero-order chi connectivity index (χ0) is 19.1. The van der Waals surface area contributed by atoms with Gasteiger partial charge in [-0.25, -0.2) is 0 Å². The van der Waals surface area contributed by atoms with Gasteiger partial charge in [0.1, 0.15) is 24.0 Å². The lowest BCUT2D eigenvalue weighted by atomic mass is 10.0. The molecule has 2 aromatic carbocycles. The van der Waals surface area contributed by atoms with E-state index in [0.717, 1.165) is 29.2 Å². The molecular formula is C23H23NO4. The highest BCUT2D eigenvalue weighted by atomic mass is 16.5. The molecule has 0 saturated heterocycles. The number of benzene rings is 2. The Bertz CT molecular complexity index is 942. The van der Waals surface area contributed by atoms with Crippen molar-refractivity contribution in [3.63, 3.8) is 0 Å². The van der Waals surface area contributed by atoms with Gasteiger partial charge < -0.3 is 14.2 Å². The molecule has 0 amide bonds. The molecule has 1 fully saturated rings. The van der Waals surface area contributed by atoms with Crippen LogP contribution in [-0.2, 0) is 6.54 Å². The number of carbonyl (C=O) groups is 1. The number of fused-ring (bicyclic) bond motifs is 3. The summed E-state index contributed by atoms with van der Waals surface area (Å²) in [6.45, 7) is 1.38. The number of rotatable bonds is 3. The minimum atomic E-state index is -0.0772. The van der Waals surface area contributed by atoms with Crippen molar-refractivity contribution < 1.29 is 19.0 Å². The molecular weight excluding hydrogens is 354 g/mol. The number of methoxy groups -OCH3 is 1. The van der Waals surface area contributed by atoms with Crippen molar-refractivity contribution >= 4 is 11.9 Å². The number of Topliss-reactive ketones (excluding diaryl/α,β-unsaturated/α-hetero) is 1. The molecule has 5 heteroatoms. The Morgan fingerprint density at radius 2 is 1.89 bits per heavy atom. The Hall–Kier alpha value is -2.79. The number of carbonyl (C=O) groups excluding carboxylic acids is 1. The molecule has 2 aromatic rings. The summed E-state index contributed by atoms with van der Waals surface area (Å²) in [4.78, 5) is 15.2. The predicted molar refractivity (Wildman–Crippen MR) is 106 cm³/mol. The maximum atomic E-state index is 12.9. The van der Waals surface area contributed by atoms with Gasteiger partial charge in [-0.2, -0.15) is 0 Å². The minimum Gasteiger partial charge on any atom is -0.497 e. The van der Waals surface area contributed by atoms with Crippen LogP contribution in [0.2, 0.25) is 0 Å². The monoisotopic (exact) mass is 377 g/mol. The van der Waals surface area contributed by atoms with Crippen molar-refractivity contribution in [3.05, 3.63) is 58.8 Å². The van der Waals surface area contributed by atoms with Gasteiger partial charge in [0, 0.05) is 12.6 Å². The molecule has 0 radical (unpaired) electrons. The van der Waals surface area contributed by atoms with Gasteiger partial charge in [0.15, 0.2) is 5.76 Å². The fourth-order valence-electron chi connectivity index (χ4n) is 4.33. The molecule has 2 aliphatic heterocycles. The molecule has 3 aliphatic rings. The van der Waals surface area contributed by atoms with E-state index in [1.54, 1.807) is 13.2 Å². The van der Waals surface area contributed by atoms with E-state index < -0.39 is 0 Å². The van der Waals surface area contributed by atoms with Crippen LogP contribution in [-0.4, -0.2) is 30.6 Å². The zero-order valence-corrected chi connectivity index (χ0v) is 15.9. The van der Waals surface area contributed by atoms with Gasteiger partial charge >= 0.3 is 0 Å². The lowest BCUT2D eigenvalue weighted by Crippen LogP contribution is -2.39. The van der Waals surface area contributed by atoms with E-state index in [1.807, 2.05) is 36.4 Å². The summed E-state index contributed by atoms with van der Waals surface area (Å²) in [5.74, 6) is 2.54. The quantitative estimate of drug-likeness (QED) is 0.742. The molecule has 1 saturated carbocycles. The second kappa shape index (κ2) is 6.99. The summed E-state index contributed by atoms with van der Waals surface area (Å²) >= 11 is 0. The Morgan fingerprint density at radius 3 is 2.64 bits per heavy atom. The average Bonchev–Trinajstić information content (AvgIpc) is 3.37. The number of ether oxygens (including phenoxy) is 3. The molecule has 5 nitrogen and oxygen atoms in total. The molecule has 5 rings (SSSR count). The van der Waals surface area contributed by atoms with Crippen molar-refractivity contribution in [1.82, 2.24) is 4.90 Å². The van der Waals surface area contributed by atoms with Crippen LogP contribution >= 0.6 is 0 Å². The smallest absolute Gasteiger partial charge is 0.231 e. The average molecular weight is 377 g/mol. The summed E-state index contributed by atoms with van der Waals surface area (Å²) in [6.07, 6.45) is 6.79. The molecule has 0 N–H and O–H groups in total. The van der Waals surface area contributed by atoms with Crippen LogP contribution in [0.3, 0.4) is 0 Å². The largest absolute Gasteiger partial charge is 0.497 e. The molecule has 1 aliphatic carbocycles. The van der Waals surface area contributed by atoms with Crippen LogP contribution in [0.1, 0.15) is 47.2 Å². The number of hydrogen-bond donors (Lipinski definition) is 0. The van der Waals surface area contributed by atoms with Crippen molar-refractivity contribution in [2.75, 3.05) is 13.8 Å². The lowest BCUT2D eigenvalue weighted by molar-refractivity contribution is 0.0567. The number of nitrogens with zero attached hydrogens (tertiary/aromatic N) is 1. The SMILES string of the molecule is COc1ccc(/C=C2\Oc3c(ccc4c3CN(C3CCCC3)CO4)C2=O)cc1. The van der Waals surface area contributed by atoms with Crippen LogP contribution < -0.4 is 14.2 Å². The van der Waals surface area contributed by atoms with E-state index >= 15 is 0 Å². The van der Waals surface area contributed by atoms with Gasteiger partial charge in [-0.1, -0.05) is 25.0 Å². The standard InChI is InChI=1S/C23H23NO4/c1-26-17-8-6-15(7-9-17)12-21-22(25)18-10-11-20-19(23(18)28-21)13-24(14-27-20)16-4-2-3-5-16/h6-12,16H,2-5,13-14H2,1H3/b21-12-. The van der Waals surface area contributed by atoms with E-state index in [9.17, 15) is 4.79 Å². The molecule has 0 bridgehead atoms. The molecule has 2 heterocycles. The van der Waals surface area contributed by atoms with Crippen molar-refractivity contribution in [1.29, 1.82) is 0 Å². The highest BCUT2D eigenvalue weighted by molar-refractivity contribution is 6.15. The van der Waals surface area contributed by atoms with Gasteiger partial charge in [-0.15, -0.1) is 0 Å². The molecule has 28 heavy (non-hydrogen) atoms. The highest BCUT2D eigenvalue weighted by Gasteiger charge is 2.35. The maximum absolute atomic E-state index is 12.9. The van der Waals surface area contributed by atoms with Crippen LogP contribution in [0.5, 0.6) is 17.2 Å². The summed E-state index contributed by atoms with van der Waals surface area (Å²) in [6, 6.07) is 11.8. The summed E-state index contributed by atoms with van der Waals surface area (Å²) in [5.41, 5.74) is 2.51. The summed E-state index contributed by atoms with van der Waals surface area (Å²) in [7, 11) is 1.63. The van der Waals surface area contributed by atoms with Crippen LogP contribution in [0.15, 0.2) is 42.2 Å². The summed E-state index contributed by atoms with van der Waals surface area (Å²) in [5, 5.41) is 0. The minimum absolute atomic E-state index is 0.0772. The molecule has 0 aromatic heterocycles. The fourth-order valence-corrected chi connectivity index (χ4v) is 4.33. The first-order valence-corrected chi connectivity index (χ1v) is 9.84. The number of hydrogen-bond acceptors (Lipinski definition) is 5. The summed E-state index contributed by atoms with van der Waals surface area (Å²) < 4.78 is 17.2. The third-order valence-corrected chi connectivity index (χ3v) is 5.90. The molecule has 0 unspecified atom stereocenters. The first kappa shape index (κ1) is 17.3. The van der Waals surface area contributed by atoms with E-state index in [-0.39, 0.29) is 5.78 Å². The third kappa shape index (κ3) is 2.96. The lowest BCUT2D eigenvalue weighted by Gasteiger charge is -2.33. The second-order valence-electron chi connectivity index (χ2n) is 7.59. The third-order valence-electron chi connectivity index (χ3n) is 5.90. The van der Waals surface area contributed by atoms with E-state index in [0.29, 0.717) is 29.8 Å². The van der Waals surface area contributed by atoms with Crippen molar-refractivity contribution in [3.8, 4) is 17.2 Å². The van der Waals surface area contributed by atoms with E-state index in [2.05, 4.69) is 4.90 Å². The van der Waals surface area contributed by atoms with E-state index in [1.165, 1.54) is 25.7 Å². The molecule has 0 atom stereocenters.